The highest BCUT2D eigenvalue weighted by Gasteiger charge is 2.18. The summed E-state index contributed by atoms with van der Waals surface area (Å²) >= 11 is 0. The van der Waals surface area contributed by atoms with Crippen LogP contribution in [-0.2, 0) is 9.53 Å². The molecule has 6 nitrogen and oxygen atoms in total. The van der Waals surface area contributed by atoms with Crippen LogP contribution in [0.3, 0.4) is 0 Å². The summed E-state index contributed by atoms with van der Waals surface area (Å²) in [5.74, 6) is 0.925. The van der Waals surface area contributed by atoms with E-state index in [0.29, 0.717) is 17.2 Å². The number of carbonyl (C=O) groups excluding carboxylic acids is 1. The fourth-order valence-corrected chi connectivity index (χ4v) is 1.45. The van der Waals surface area contributed by atoms with Gasteiger partial charge >= 0.3 is 5.97 Å². The van der Waals surface area contributed by atoms with Gasteiger partial charge in [-0.1, -0.05) is 6.07 Å². The first kappa shape index (κ1) is 15.1. The predicted molar refractivity (Wildman–Crippen MR) is 69.6 cm³/mol. The molecule has 2 N–H and O–H groups in total. The minimum atomic E-state index is -0.852. The maximum absolute atomic E-state index is 11.4. The van der Waals surface area contributed by atoms with Gasteiger partial charge in [0.1, 0.15) is 12.6 Å². The van der Waals surface area contributed by atoms with Gasteiger partial charge in [-0.05, 0) is 19.1 Å². The Bertz CT molecular complexity index is 399. The molecular formula is C13H19NO5. The predicted octanol–water partition coefficient (Wildman–Crippen LogP) is 0.973. The van der Waals surface area contributed by atoms with Crippen molar-refractivity contribution >= 4 is 5.97 Å². The molecule has 0 aliphatic heterocycles. The van der Waals surface area contributed by atoms with Gasteiger partial charge in [-0.3, -0.25) is 4.79 Å². The maximum atomic E-state index is 11.4. The van der Waals surface area contributed by atoms with E-state index in [1.807, 2.05) is 0 Å². The summed E-state index contributed by atoms with van der Waals surface area (Å²) in [6, 6.07) is 4.38. The van der Waals surface area contributed by atoms with Gasteiger partial charge in [0.15, 0.2) is 11.5 Å². The SMILES string of the molecule is CCOC(=O)C(N)COc1c(OC)cccc1OC. The first-order valence-electron chi connectivity index (χ1n) is 5.90. The Morgan fingerprint density at radius 3 is 2.32 bits per heavy atom. The van der Waals surface area contributed by atoms with Crippen LogP contribution in [-0.4, -0.2) is 39.4 Å². The van der Waals surface area contributed by atoms with E-state index in [9.17, 15) is 4.79 Å². The molecule has 0 saturated heterocycles. The van der Waals surface area contributed by atoms with Crippen molar-refractivity contribution in [1.29, 1.82) is 0 Å². The molecule has 1 aromatic carbocycles. The van der Waals surface area contributed by atoms with Crippen molar-refractivity contribution in [2.45, 2.75) is 13.0 Å². The summed E-state index contributed by atoms with van der Waals surface area (Å²) in [5.41, 5.74) is 5.65. The third kappa shape index (κ3) is 4.03. The number of ether oxygens (including phenoxy) is 4. The zero-order valence-electron chi connectivity index (χ0n) is 11.3. The average Bonchev–Trinajstić information content (AvgIpc) is 2.44. The third-order valence-corrected chi connectivity index (χ3v) is 2.38. The first-order valence-corrected chi connectivity index (χ1v) is 5.90. The molecule has 0 bridgehead atoms. The molecule has 1 atom stereocenters. The van der Waals surface area contributed by atoms with Crippen molar-refractivity contribution in [3.05, 3.63) is 18.2 Å². The van der Waals surface area contributed by atoms with E-state index in [1.165, 1.54) is 14.2 Å². The molecule has 1 unspecified atom stereocenters. The lowest BCUT2D eigenvalue weighted by molar-refractivity contribution is -0.145. The second kappa shape index (κ2) is 7.48. The summed E-state index contributed by atoms with van der Waals surface area (Å²) in [4.78, 5) is 11.4. The van der Waals surface area contributed by atoms with Crippen molar-refractivity contribution < 1.29 is 23.7 Å². The van der Waals surface area contributed by atoms with Gasteiger partial charge < -0.3 is 24.7 Å². The van der Waals surface area contributed by atoms with Crippen molar-refractivity contribution in [1.82, 2.24) is 0 Å². The lowest BCUT2D eigenvalue weighted by Gasteiger charge is -2.16. The second-order valence-electron chi connectivity index (χ2n) is 3.66. The molecule has 0 aliphatic rings. The van der Waals surface area contributed by atoms with Crippen LogP contribution in [0, 0.1) is 0 Å². The fourth-order valence-electron chi connectivity index (χ4n) is 1.45. The van der Waals surface area contributed by atoms with Crippen molar-refractivity contribution in [3.8, 4) is 17.2 Å². The fraction of sp³-hybridized carbons (Fsp3) is 0.462. The van der Waals surface area contributed by atoms with Gasteiger partial charge in [-0.15, -0.1) is 0 Å². The Labute approximate surface area is 112 Å². The van der Waals surface area contributed by atoms with Crippen LogP contribution in [0.2, 0.25) is 0 Å². The van der Waals surface area contributed by atoms with Crippen molar-refractivity contribution in [2.75, 3.05) is 27.4 Å². The minimum Gasteiger partial charge on any atom is -0.493 e. The largest absolute Gasteiger partial charge is 0.493 e. The Balaban J connectivity index is 2.73. The highest BCUT2D eigenvalue weighted by atomic mass is 16.5. The zero-order valence-corrected chi connectivity index (χ0v) is 11.3. The van der Waals surface area contributed by atoms with Gasteiger partial charge in [0.05, 0.1) is 20.8 Å². The number of para-hydroxylation sites is 1. The third-order valence-electron chi connectivity index (χ3n) is 2.38. The minimum absolute atomic E-state index is 0.0183. The number of hydrogen-bond acceptors (Lipinski definition) is 6. The number of carbonyl (C=O) groups is 1. The van der Waals surface area contributed by atoms with Gasteiger partial charge in [0, 0.05) is 0 Å². The summed E-state index contributed by atoms with van der Waals surface area (Å²) in [7, 11) is 3.04. The van der Waals surface area contributed by atoms with Crippen LogP contribution < -0.4 is 19.9 Å². The molecule has 0 radical (unpaired) electrons. The molecule has 1 rings (SSSR count). The van der Waals surface area contributed by atoms with Gasteiger partial charge in [0.25, 0.3) is 0 Å². The summed E-state index contributed by atoms with van der Waals surface area (Å²) in [6.45, 7) is 1.98. The van der Waals surface area contributed by atoms with E-state index in [2.05, 4.69) is 0 Å². The van der Waals surface area contributed by atoms with Crippen LogP contribution in [0.15, 0.2) is 18.2 Å². The molecule has 19 heavy (non-hydrogen) atoms. The molecule has 0 aliphatic carbocycles. The monoisotopic (exact) mass is 269 g/mol. The van der Waals surface area contributed by atoms with E-state index in [0.717, 1.165) is 0 Å². The molecule has 0 spiro atoms. The van der Waals surface area contributed by atoms with E-state index in [-0.39, 0.29) is 13.2 Å². The Morgan fingerprint density at radius 1 is 1.26 bits per heavy atom. The lowest BCUT2D eigenvalue weighted by Crippen LogP contribution is -2.37. The molecule has 0 fully saturated rings. The second-order valence-corrected chi connectivity index (χ2v) is 3.66. The first-order chi connectivity index (χ1) is 9.13. The normalized spacial score (nSPS) is 11.6. The van der Waals surface area contributed by atoms with Gasteiger partial charge in [-0.25, -0.2) is 0 Å². The van der Waals surface area contributed by atoms with Crippen LogP contribution >= 0.6 is 0 Å². The van der Waals surface area contributed by atoms with Gasteiger partial charge in [-0.2, -0.15) is 0 Å². The van der Waals surface area contributed by atoms with Crippen LogP contribution in [0.25, 0.3) is 0 Å². The van der Waals surface area contributed by atoms with Crippen LogP contribution in [0.5, 0.6) is 17.2 Å². The molecular weight excluding hydrogens is 250 g/mol. The quantitative estimate of drug-likeness (QED) is 0.743. The van der Waals surface area contributed by atoms with E-state index in [4.69, 9.17) is 24.7 Å². The number of benzene rings is 1. The molecule has 1 aromatic rings. The Kier molecular flexibility index (Phi) is 5.95. The summed E-state index contributed by atoms with van der Waals surface area (Å²) < 4.78 is 20.6. The lowest BCUT2D eigenvalue weighted by atomic mass is 10.3. The number of nitrogens with two attached hydrogens (primary N) is 1. The van der Waals surface area contributed by atoms with Crippen molar-refractivity contribution in [3.63, 3.8) is 0 Å². The van der Waals surface area contributed by atoms with Gasteiger partial charge in [0.2, 0.25) is 5.75 Å². The molecule has 6 heteroatoms. The molecule has 0 heterocycles. The Morgan fingerprint density at radius 2 is 1.84 bits per heavy atom. The average molecular weight is 269 g/mol. The number of esters is 1. The number of hydrogen-bond donors (Lipinski definition) is 1. The van der Waals surface area contributed by atoms with Crippen LogP contribution in [0.1, 0.15) is 6.92 Å². The molecule has 0 aromatic heterocycles. The number of methoxy groups -OCH3 is 2. The summed E-state index contributed by atoms with van der Waals surface area (Å²) in [6.07, 6.45) is 0. The van der Waals surface area contributed by atoms with Crippen molar-refractivity contribution in [2.24, 2.45) is 5.73 Å². The highest BCUT2D eigenvalue weighted by Crippen LogP contribution is 2.36. The standard InChI is InChI=1S/C13H19NO5/c1-4-18-13(15)9(14)8-19-12-10(16-2)6-5-7-11(12)17-3/h5-7,9H,4,8,14H2,1-3H3. The topological polar surface area (TPSA) is 80.0 Å². The zero-order chi connectivity index (χ0) is 14.3. The molecule has 106 valence electrons. The van der Waals surface area contributed by atoms with E-state index in [1.54, 1.807) is 25.1 Å². The maximum Gasteiger partial charge on any atom is 0.326 e. The smallest absolute Gasteiger partial charge is 0.326 e. The Hall–Kier alpha value is -1.95. The van der Waals surface area contributed by atoms with E-state index >= 15 is 0 Å². The highest BCUT2D eigenvalue weighted by molar-refractivity contribution is 5.75. The summed E-state index contributed by atoms with van der Waals surface area (Å²) in [5, 5.41) is 0. The van der Waals surface area contributed by atoms with E-state index < -0.39 is 12.0 Å². The molecule has 0 saturated carbocycles. The molecule has 0 amide bonds. The number of rotatable bonds is 7. The van der Waals surface area contributed by atoms with Crippen LogP contribution in [0.4, 0.5) is 0 Å².